The van der Waals surface area contributed by atoms with E-state index in [-0.39, 0.29) is 5.41 Å². The number of Topliss-reactive ketones (excluding diaryl/α,β-unsaturated/α-hetero) is 1. The van der Waals surface area contributed by atoms with Gasteiger partial charge in [0.15, 0.2) is 5.78 Å². The molecule has 0 unspecified atom stereocenters. The molecule has 0 atom stereocenters. The van der Waals surface area contributed by atoms with Gasteiger partial charge in [-0.3, -0.25) is 4.79 Å². The summed E-state index contributed by atoms with van der Waals surface area (Å²) in [4.78, 5) is 11.4. The molecule has 1 nitrogen and oxygen atoms in total. The summed E-state index contributed by atoms with van der Waals surface area (Å²) in [5, 5.41) is 0. The van der Waals surface area contributed by atoms with Crippen molar-refractivity contribution in [3.63, 3.8) is 0 Å². The third-order valence-electron chi connectivity index (χ3n) is 2.44. The highest BCUT2D eigenvalue weighted by atomic mass is 16.1. The lowest BCUT2D eigenvalue weighted by atomic mass is 9.74. The molecule has 62 valence electrons. The van der Waals surface area contributed by atoms with E-state index in [4.69, 9.17) is 0 Å². The fraction of sp³-hybridized carbons (Fsp3) is 0.700. The van der Waals surface area contributed by atoms with Gasteiger partial charge in [0, 0.05) is 6.42 Å². The molecule has 0 spiro atoms. The molecule has 0 fully saturated rings. The Morgan fingerprint density at radius 2 is 1.73 bits per heavy atom. The van der Waals surface area contributed by atoms with Gasteiger partial charge in [-0.25, -0.2) is 0 Å². The van der Waals surface area contributed by atoms with Crippen LogP contribution in [0.2, 0.25) is 0 Å². The lowest BCUT2D eigenvalue weighted by Crippen LogP contribution is -2.23. The van der Waals surface area contributed by atoms with Crippen LogP contribution < -0.4 is 0 Å². The van der Waals surface area contributed by atoms with Crippen molar-refractivity contribution in [2.45, 2.75) is 40.5 Å². The highest BCUT2D eigenvalue weighted by Crippen LogP contribution is 2.36. The van der Waals surface area contributed by atoms with E-state index in [2.05, 4.69) is 20.8 Å². The Labute approximate surface area is 68.5 Å². The van der Waals surface area contributed by atoms with Crippen LogP contribution in [-0.2, 0) is 4.79 Å². The minimum Gasteiger partial charge on any atom is -0.295 e. The maximum Gasteiger partial charge on any atom is 0.159 e. The third kappa shape index (κ3) is 1.70. The summed E-state index contributed by atoms with van der Waals surface area (Å²) < 4.78 is 0. The summed E-state index contributed by atoms with van der Waals surface area (Å²) >= 11 is 0. The molecule has 0 radical (unpaired) electrons. The van der Waals surface area contributed by atoms with Crippen LogP contribution in [0.5, 0.6) is 0 Å². The average Bonchev–Trinajstić information content (AvgIpc) is 1.81. The lowest BCUT2D eigenvalue weighted by molar-refractivity contribution is -0.118. The van der Waals surface area contributed by atoms with E-state index in [9.17, 15) is 4.79 Å². The minimum atomic E-state index is 0.195. The van der Waals surface area contributed by atoms with Crippen molar-refractivity contribution >= 4 is 5.78 Å². The molecule has 1 aliphatic rings. The van der Waals surface area contributed by atoms with Gasteiger partial charge in [0.05, 0.1) is 0 Å². The molecule has 0 N–H and O–H groups in total. The zero-order valence-corrected chi connectivity index (χ0v) is 7.82. The van der Waals surface area contributed by atoms with E-state index in [0.717, 1.165) is 18.4 Å². The van der Waals surface area contributed by atoms with E-state index in [1.54, 1.807) is 0 Å². The van der Waals surface area contributed by atoms with Gasteiger partial charge in [-0.2, -0.15) is 0 Å². The highest BCUT2D eigenvalue weighted by molar-refractivity contribution is 5.96. The Bertz CT molecular complexity index is 221. The van der Waals surface area contributed by atoms with Crippen LogP contribution in [0.3, 0.4) is 0 Å². The molecule has 0 heterocycles. The van der Waals surface area contributed by atoms with Gasteiger partial charge < -0.3 is 0 Å². The van der Waals surface area contributed by atoms with Crippen LogP contribution >= 0.6 is 0 Å². The number of hydrogen-bond donors (Lipinski definition) is 0. The number of carbonyl (C=O) groups excluding carboxylic acids is 1. The van der Waals surface area contributed by atoms with E-state index in [1.807, 2.05) is 6.92 Å². The normalized spacial score (nSPS) is 24.2. The smallest absolute Gasteiger partial charge is 0.159 e. The molecule has 0 aromatic rings. The predicted octanol–water partition coefficient (Wildman–Crippen LogP) is 2.71. The van der Waals surface area contributed by atoms with Gasteiger partial charge in [0.25, 0.3) is 0 Å². The second kappa shape index (κ2) is 2.47. The topological polar surface area (TPSA) is 17.1 Å². The first kappa shape index (κ1) is 8.51. The number of allylic oxidation sites excluding steroid dienone is 2. The van der Waals surface area contributed by atoms with Gasteiger partial charge in [0.1, 0.15) is 0 Å². The summed E-state index contributed by atoms with van der Waals surface area (Å²) in [6.45, 7) is 8.31. The SMILES string of the molecule is CC1=C(C)C(=O)CC(C)(C)C1. The Morgan fingerprint density at radius 3 is 2.18 bits per heavy atom. The zero-order valence-electron chi connectivity index (χ0n) is 7.82. The summed E-state index contributed by atoms with van der Waals surface area (Å²) in [6.07, 6.45) is 1.79. The van der Waals surface area contributed by atoms with Gasteiger partial charge in [-0.1, -0.05) is 19.4 Å². The monoisotopic (exact) mass is 152 g/mol. The summed E-state index contributed by atoms with van der Waals surface area (Å²) in [7, 11) is 0. The Morgan fingerprint density at radius 1 is 1.18 bits per heavy atom. The second-order valence-electron chi connectivity index (χ2n) is 4.35. The Kier molecular flexibility index (Phi) is 1.91. The molecule has 11 heavy (non-hydrogen) atoms. The van der Waals surface area contributed by atoms with Crippen molar-refractivity contribution in [2.24, 2.45) is 5.41 Å². The molecule has 0 bridgehead atoms. The van der Waals surface area contributed by atoms with Gasteiger partial charge in [-0.15, -0.1) is 0 Å². The van der Waals surface area contributed by atoms with Crippen LogP contribution in [0, 0.1) is 5.41 Å². The average molecular weight is 152 g/mol. The second-order valence-corrected chi connectivity index (χ2v) is 4.35. The first-order chi connectivity index (χ1) is 4.92. The van der Waals surface area contributed by atoms with Crippen molar-refractivity contribution < 1.29 is 4.79 Å². The number of rotatable bonds is 0. The highest BCUT2D eigenvalue weighted by Gasteiger charge is 2.28. The third-order valence-corrected chi connectivity index (χ3v) is 2.44. The number of carbonyl (C=O) groups is 1. The molecule has 0 amide bonds. The number of ketones is 1. The molecule has 1 aliphatic carbocycles. The maximum absolute atomic E-state index is 11.4. The van der Waals surface area contributed by atoms with Crippen LogP contribution in [0.25, 0.3) is 0 Å². The molecule has 0 aromatic carbocycles. The Balaban J connectivity index is 2.94. The quantitative estimate of drug-likeness (QED) is 0.521. The lowest BCUT2D eigenvalue weighted by Gasteiger charge is -2.29. The van der Waals surface area contributed by atoms with Crippen LogP contribution in [0.1, 0.15) is 40.5 Å². The van der Waals surface area contributed by atoms with Crippen molar-refractivity contribution in [3.8, 4) is 0 Å². The van der Waals surface area contributed by atoms with Crippen molar-refractivity contribution in [1.29, 1.82) is 0 Å². The van der Waals surface area contributed by atoms with Crippen molar-refractivity contribution in [1.82, 2.24) is 0 Å². The largest absolute Gasteiger partial charge is 0.295 e. The molecular formula is C10H16O. The fourth-order valence-electron chi connectivity index (χ4n) is 1.72. The van der Waals surface area contributed by atoms with E-state index < -0.39 is 0 Å². The summed E-state index contributed by atoms with van der Waals surface area (Å²) in [5.74, 6) is 0.332. The molecule has 1 heteroatoms. The van der Waals surface area contributed by atoms with Crippen molar-refractivity contribution in [3.05, 3.63) is 11.1 Å². The van der Waals surface area contributed by atoms with Crippen LogP contribution in [0.4, 0.5) is 0 Å². The molecule has 1 rings (SSSR count). The Hall–Kier alpha value is -0.590. The molecule has 0 saturated heterocycles. The number of hydrogen-bond acceptors (Lipinski definition) is 1. The van der Waals surface area contributed by atoms with Crippen LogP contribution in [-0.4, -0.2) is 5.78 Å². The van der Waals surface area contributed by atoms with Gasteiger partial charge >= 0.3 is 0 Å². The van der Waals surface area contributed by atoms with E-state index >= 15 is 0 Å². The first-order valence-corrected chi connectivity index (χ1v) is 4.12. The molecule has 0 aliphatic heterocycles. The molecular weight excluding hydrogens is 136 g/mol. The minimum absolute atomic E-state index is 0.195. The zero-order chi connectivity index (χ0) is 8.65. The standard InChI is InChI=1S/C10H16O/c1-7-5-10(3,4)6-9(11)8(7)2/h5-6H2,1-4H3. The van der Waals surface area contributed by atoms with Crippen molar-refractivity contribution in [2.75, 3.05) is 0 Å². The fourth-order valence-corrected chi connectivity index (χ4v) is 1.72. The first-order valence-electron chi connectivity index (χ1n) is 4.12. The molecule has 0 saturated carbocycles. The van der Waals surface area contributed by atoms with E-state index in [1.165, 1.54) is 5.57 Å². The summed E-state index contributed by atoms with van der Waals surface area (Å²) in [6, 6.07) is 0. The van der Waals surface area contributed by atoms with Gasteiger partial charge in [0.2, 0.25) is 0 Å². The van der Waals surface area contributed by atoms with Crippen LogP contribution in [0.15, 0.2) is 11.1 Å². The van der Waals surface area contributed by atoms with Gasteiger partial charge in [-0.05, 0) is 31.3 Å². The maximum atomic E-state index is 11.4. The molecule has 0 aromatic heterocycles. The predicted molar refractivity (Wildman–Crippen MR) is 46.4 cm³/mol. The summed E-state index contributed by atoms with van der Waals surface area (Å²) in [5.41, 5.74) is 2.45. The van der Waals surface area contributed by atoms with E-state index in [0.29, 0.717) is 5.78 Å².